The molecule has 0 saturated carbocycles. The number of ether oxygens (including phenoxy) is 1. The predicted octanol–water partition coefficient (Wildman–Crippen LogP) is 3.49. The summed E-state index contributed by atoms with van der Waals surface area (Å²) in [5, 5.41) is 5.07. The number of unbranched alkanes of at least 4 members (excludes halogenated alkanes) is 1. The van der Waals surface area contributed by atoms with Gasteiger partial charge in [-0.1, -0.05) is 25.5 Å². The summed E-state index contributed by atoms with van der Waals surface area (Å²) in [7, 11) is 0. The molecule has 5 nitrogen and oxygen atoms in total. The number of fused-ring (bicyclic) bond motifs is 1. The van der Waals surface area contributed by atoms with Gasteiger partial charge in [-0.15, -0.1) is 0 Å². The summed E-state index contributed by atoms with van der Waals surface area (Å²) in [6.45, 7) is 7.04. The number of aromatic nitrogens is 1. The number of aryl methyl sites for hydroxylation is 1. The lowest BCUT2D eigenvalue weighted by atomic mass is 10.1. The summed E-state index contributed by atoms with van der Waals surface area (Å²) in [6, 6.07) is 8.09. The highest BCUT2D eigenvalue weighted by Crippen LogP contribution is 2.17. The summed E-state index contributed by atoms with van der Waals surface area (Å²) in [4.78, 5) is 17.7. The molecule has 3 rings (SSSR count). The Balaban J connectivity index is 1.80. The molecule has 2 N–H and O–H groups in total. The molecule has 2 heterocycles. The first-order valence-corrected chi connectivity index (χ1v) is 10.2. The van der Waals surface area contributed by atoms with Crippen molar-refractivity contribution in [2.24, 2.45) is 0 Å². The lowest BCUT2D eigenvalue weighted by Gasteiger charge is -2.28. The number of H-pyrrole nitrogens is 1. The number of hydrogen-bond acceptors (Lipinski definition) is 3. The van der Waals surface area contributed by atoms with Crippen LogP contribution in [0.4, 0.5) is 0 Å². The Labute approximate surface area is 166 Å². The lowest BCUT2D eigenvalue weighted by molar-refractivity contribution is 0.0897. The van der Waals surface area contributed by atoms with Crippen molar-refractivity contribution in [3.63, 3.8) is 0 Å². The zero-order valence-electron chi connectivity index (χ0n) is 16.2. The van der Waals surface area contributed by atoms with Crippen LogP contribution in [0.3, 0.4) is 0 Å². The van der Waals surface area contributed by atoms with Crippen LogP contribution in [0, 0.1) is 6.92 Å². The summed E-state index contributed by atoms with van der Waals surface area (Å²) in [5.74, 6) is 0. The second kappa shape index (κ2) is 9.33. The monoisotopic (exact) mass is 387 g/mol. The van der Waals surface area contributed by atoms with Gasteiger partial charge < -0.3 is 19.9 Å². The van der Waals surface area contributed by atoms with Crippen LogP contribution in [-0.4, -0.2) is 40.8 Å². The predicted molar refractivity (Wildman–Crippen MR) is 114 cm³/mol. The van der Waals surface area contributed by atoms with E-state index in [1.54, 1.807) is 0 Å². The van der Waals surface area contributed by atoms with Crippen molar-refractivity contribution in [3.8, 4) is 0 Å². The minimum atomic E-state index is -0.0539. The molecule has 1 saturated heterocycles. The van der Waals surface area contributed by atoms with Gasteiger partial charge in [-0.3, -0.25) is 4.79 Å². The molecular weight excluding hydrogens is 358 g/mol. The molecule has 1 aliphatic heterocycles. The van der Waals surface area contributed by atoms with Crippen LogP contribution in [0.25, 0.3) is 10.9 Å². The van der Waals surface area contributed by atoms with E-state index < -0.39 is 0 Å². The highest BCUT2D eigenvalue weighted by atomic mass is 32.1. The fourth-order valence-electron chi connectivity index (χ4n) is 3.42. The van der Waals surface area contributed by atoms with Crippen molar-refractivity contribution in [1.29, 1.82) is 0 Å². The maximum atomic E-state index is 12.6. The van der Waals surface area contributed by atoms with E-state index in [0.29, 0.717) is 18.2 Å². The molecule has 0 amide bonds. The van der Waals surface area contributed by atoms with Crippen LogP contribution >= 0.6 is 12.2 Å². The standard InChI is InChI=1S/C21H29N3O2S/c1-3-4-9-22-21(27)24(14-18-6-5-10-26-18)13-17-12-16-8-7-15(2)11-19(16)23-20(17)25/h7-8,11-12,18H,3-6,9-10,13-14H2,1-2H3,(H,22,27)(H,23,25). The minimum absolute atomic E-state index is 0.0539. The molecule has 2 aromatic rings. The molecule has 1 aromatic carbocycles. The Morgan fingerprint density at radius 3 is 3.00 bits per heavy atom. The maximum Gasteiger partial charge on any atom is 0.253 e. The van der Waals surface area contributed by atoms with Crippen LogP contribution in [0.2, 0.25) is 0 Å². The van der Waals surface area contributed by atoms with E-state index in [9.17, 15) is 4.79 Å². The normalized spacial score (nSPS) is 16.6. The minimum Gasteiger partial charge on any atom is -0.376 e. The van der Waals surface area contributed by atoms with Crippen LogP contribution in [0.5, 0.6) is 0 Å². The van der Waals surface area contributed by atoms with Crippen molar-refractivity contribution < 1.29 is 4.74 Å². The highest BCUT2D eigenvalue weighted by molar-refractivity contribution is 7.80. The second-order valence-corrected chi connectivity index (χ2v) is 7.70. The van der Waals surface area contributed by atoms with Gasteiger partial charge in [-0.2, -0.15) is 0 Å². The molecular formula is C21H29N3O2S. The molecule has 146 valence electrons. The molecule has 1 aromatic heterocycles. The fraction of sp³-hybridized carbons (Fsp3) is 0.524. The third-order valence-electron chi connectivity index (χ3n) is 4.98. The van der Waals surface area contributed by atoms with Crippen LogP contribution < -0.4 is 10.9 Å². The molecule has 1 atom stereocenters. The first-order chi connectivity index (χ1) is 13.1. The van der Waals surface area contributed by atoms with Crippen LogP contribution in [-0.2, 0) is 11.3 Å². The van der Waals surface area contributed by atoms with Crippen molar-refractivity contribution >= 4 is 28.2 Å². The van der Waals surface area contributed by atoms with Gasteiger partial charge in [0.25, 0.3) is 5.56 Å². The van der Waals surface area contributed by atoms with Crippen LogP contribution in [0.15, 0.2) is 29.1 Å². The van der Waals surface area contributed by atoms with E-state index in [0.717, 1.165) is 60.9 Å². The van der Waals surface area contributed by atoms with Gasteiger partial charge in [0.15, 0.2) is 5.11 Å². The summed E-state index contributed by atoms with van der Waals surface area (Å²) in [5.41, 5.74) is 2.68. The third kappa shape index (κ3) is 5.30. The van der Waals surface area contributed by atoms with E-state index >= 15 is 0 Å². The summed E-state index contributed by atoms with van der Waals surface area (Å²) in [6.07, 6.45) is 4.50. The van der Waals surface area contributed by atoms with Gasteiger partial charge in [-0.25, -0.2) is 0 Å². The van der Waals surface area contributed by atoms with Crippen molar-refractivity contribution in [1.82, 2.24) is 15.2 Å². The van der Waals surface area contributed by atoms with E-state index in [2.05, 4.69) is 28.2 Å². The van der Waals surface area contributed by atoms with E-state index in [1.807, 2.05) is 25.1 Å². The number of nitrogens with one attached hydrogen (secondary N) is 2. The van der Waals surface area contributed by atoms with Gasteiger partial charge in [0.05, 0.1) is 12.6 Å². The SMILES string of the molecule is CCCCNC(=S)N(Cc1cc2ccc(C)cc2[nH]c1=O)CC1CCCO1. The Hall–Kier alpha value is -1.92. The summed E-state index contributed by atoms with van der Waals surface area (Å²) >= 11 is 5.63. The van der Waals surface area contributed by atoms with Crippen molar-refractivity contribution in [3.05, 3.63) is 45.7 Å². The average molecular weight is 388 g/mol. The van der Waals surface area contributed by atoms with E-state index in [1.165, 1.54) is 0 Å². The molecule has 6 heteroatoms. The molecule has 1 unspecified atom stereocenters. The largest absolute Gasteiger partial charge is 0.376 e. The Morgan fingerprint density at radius 2 is 2.26 bits per heavy atom. The van der Waals surface area contributed by atoms with Crippen molar-refractivity contribution in [2.75, 3.05) is 19.7 Å². The van der Waals surface area contributed by atoms with Gasteiger partial charge in [0.2, 0.25) is 0 Å². The number of thiocarbonyl (C=S) groups is 1. The number of hydrogen-bond donors (Lipinski definition) is 2. The quantitative estimate of drug-likeness (QED) is 0.563. The van der Waals surface area contributed by atoms with Gasteiger partial charge >= 0.3 is 0 Å². The zero-order chi connectivity index (χ0) is 19.2. The second-order valence-electron chi connectivity index (χ2n) is 7.32. The number of aromatic amines is 1. The number of pyridine rings is 1. The van der Waals surface area contributed by atoms with E-state index in [4.69, 9.17) is 17.0 Å². The Bertz CT molecular complexity index is 843. The number of rotatable bonds is 7. The Kier molecular flexibility index (Phi) is 6.85. The zero-order valence-corrected chi connectivity index (χ0v) is 17.0. The van der Waals surface area contributed by atoms with Gasteiger partial charge in [0, 0.05) is 30.8 Å². The Morgan fingerprint density at radius 1 is 1.41 bits per heavy atom. The lowest BCUT2D eigenvalue weighted by Crippen LogP contribution is -2.44. The van der Waals surface area contributed by atoms with Gasteiger partial charge in [-0.05, 0) is 61.5 Å². The van der Waals surface area contributed by atoms with Gasteiger partial charge in [0.1, 0.15) is 0 Å². The molecule has 0 aliphatic carbocycles. The average Bonchev–Trinajstić information content (AvgIpc) is 3.15. The number of nitrogens with zero attached hydrogens (tertiary/aromatic N) is 1. The first kappa shape index (κ1) is 19.8. The molecule has 1 fully saturated rings. The first-order valence-electron chi connectivity index (χ1n) is 9.83. The molecule has 0 spiro atoms. The van der Waals surface area contributed by atoms with Crippen molar-refractivity contribution in [2.45, 2.75) is 52.2 Å². The molecule has 0 bridgehead atoms. The summed E-state index contributed by atoms with van der Waals surface area (Å²) < 4.78 is 5.80. The third-order valence-corrected chi connectivity index (χ3v) is 5.38. The molecule has 1 aliphatic rings. The highest BCUT2D eigenvalue weighted by Gasteiger charge is 2.22. The smallest absolute Gasteiger partial charge is 0.253 e. The topological polar surface area (TPSA) is 57.4 Å². The molecule has 0 radical (unpaired) electrons. The number of benzene rings is 1. The van der Waals surface area contributed by atoms with E-state index in [-0.39, 0.29) is 11.7 Å². The fourth-order valence-corrected chi connectivity index (χ4v) is 3.66. The van der Waals surface area contributed by atoms with Crippen LogP contribution in [0.1, 0.15) is 43.7 Å². The molecule has 27 heavy (non-hydrogen) atoms. The maximum absolute atomic E-state index is 12.6.